The molecule has 4 rings (SSSR count). The quantitative estimate of drug-likeness (QED) is 0.845. The topological polar surface area (TPSA) is 79.3 Å². The van der Waals surface area contributed by atoms with Gasteiger partial charge >= 0.3 is 0 Å². The highest BCUT2D eigenvalue weighted by Crippen LogP contribution is 2.32. The molecule has 0 saturated carbocycles. The molecule has 0 spiro atoms. The summed E-state index contributed by atoms with van der Waals surface area (Å²) in [5.74, 6) is 0.448. The first-order valence-electron chi connectivity index (χ1n) is 8.94. The van der Waals surface area contributed by atoms with Gasteiger partial charge in [-0.25, -0.2) is 0 Å². The van der Waals surface area contributed by atoms with E-state index >= 15 is 0 Å². The summed E-state index contributed by atoms with van der Waals surface area (Å²) in [5.41, 5.74) is 0.800. The van der Waals surface area contributed by atoms with Crippen LogP contribution in [0.4, 0.5) is 5.69 Å². The van der Waals surface area contributed by atoms with E-state index in [4.69, 9.17) is 0 Å². The summed E-state index contributed by atoms with van der Waals surface area (Å²) in [5, 5.41) is 10.7. The van der Waals surface area contributed by atoms with Gasteiger partial charge in [-0.05, 0) is 38.0 Å². The monoisotopic (exact) mass is 331 g/mol. The second-order valence-corrected chi connectivity index (χ2v) is 7.45. The predicted molar refractivity (Wildman–Crippen MR) is 89.4 cm³/mol. The molecule has 1 aromatic heterocycles. The van der Waals surface area contributed by atoms with Gasteiger partial charge in [-0.15, -0.1) is 0 Å². The van der Waals surface area contributed by atoms with Crippen LogP contribution in [0.3, 0.4) is 0 Å². The highest BCUT2D eigenvalue weighted by atomic mass is 16.2. The van der Waals surface area contributed by atoms with Crippen LogP contribution in [0.2, 0.25) is 0 Å². The smallest absolute Gasteiger partial charge is 0.249 e. The molecule has 3 unspecified atom stereocenters. The average Bonchev–Trinajstić information content (AvgIpc) is 3.21. The van der Waals surface area contributed by atoms with Crippen LogP contribution >= 0.6 is 0 Å². The van der Waals surface area contributed by atoms with Crippen LogP contribution < -0.4 is 15.5 Å². The van der Waals surface area contributed by atoms with Gasteiger partial charge in [-0.3, -0.25) is 14.3 Å². The lowest BCUT2D eigenvalue weighted by molar-refractivity contribution is -0.127. The summed E-state index contributed by atoms with van der Waals surface area (Å²) in [6, 6.07) is 0.794. The average molecular weight is 331 g/mol. The molecule has 0 aliphatic carbocycles. The van der Waals surface area contributed by atoms with E-state index in [9.17, 15) is 9.59 Å². The van der Waals surface area contributed by atoms with Crippen molar-refractivity contribution in [2.75, 3.05) is 11.4 Å². The fourth-order valence-corrected chi connectivity index (χ4v) is 4.48. The maximum Gasteiger partial charge on any atom is 0.249 e. The van der Waals surface area contributed by atoms with Crippen molar-refractivity contribution in [2.24, 2.45) is 13.0 Å². The molecule has 3 aliphatic rings. The van der Waals surface area contributed by atoms with Crippen molar-refractivity contribution >= 4 is 17.5 Å². The zero-order valence-electron chi connectivity index (χ0n) is 14.1. The standard InChI is InChI=1S/C17H25N5O2/c1-21-10-14(9-18-21)22-5-4-15(17(22)24)20-16(23)8-11-6-12-2-3-13(7-11)19-12/h9-13,15,19H,2-8H2,1H3,(H,20,23). The van der Waals surface area contributed by atoms with Gasteiger partial charge in [0.15, 0.2) is 0 Å². The summed E-state index contributed by atoms with van der Waals surface area (Å²) in [6.45, 7) is 0.632. The Morgan fingerprint density at radius 1 is 1.33 bits per heavy atom. The van der Waals surface area contributed by atoms with Crippen LogP contribution in [-0.2, 0) is 16.6 Å². The normalized spacial score (nSPS) is 32.4. The molecule has 4 heterocycles. The van der Waals surface area contributed by atoms with Crippen molar-refractivity contribution in [3.05, 3.63) is 12.4 Å². The second-order valence-electron chi connectivity index (χ2n) is 7.45. The molecular formula is C17H25N5O2. The number of hydrogen-bond acceptors (Lipinski definition) is 4. The van der Waals surface area contributed by atoms with Crippen molar-refractivity contribution in [2.45, 2.75) is 56.7 Å². The molecule has 0 radical (unpaired) electrons. The number of nitrogens with zero attached hydrogens (tertiary/aromatic N) is 3. The number of aromatic nitrogens is 2. The minimum absolute atomic E-state index is 0.0210. The van der Waals surface area contributed by atoms with E-state index in [1.54, 1.807) is 15.8 Å². The summed E-state index contributed by atoms with van der Waals surface area (Å²) in [7, 11) is 1.83. The number of carbonyl (C=O) groups is 2. The summed E-state index contributed by atoms with van der Waals surface area (Å²) >= 11 is 0. The van der Waals surface area contributed by atoms with Gasteiger partial charge in [0.1, 0.15) is 6.04 Å². The number of rotatable bonds is 4. The number of fused-ring (bicyclic) bond motifs is 2. The number of amides is 2. The summed E-state index contributed by atoms with van der Waals surface area (Å²) < 4.78 is 1.68. The fourth-order valence-electron chi connectivity index (χ4n) is 4.48. The number of anilines is 1. The molecule has 2 amide bonds. The molecule has 3 fully saturated rings. The van der Waals surface area contributed by atoms with Gasteiger partial charge in [0, 0.05) is 38.3 Å². The molecule has 7 nitrogen and oxygen atoms in total. The predicted octanol–water partition coefficient (Wildman–Crippen LogP) is 0.562. The maximum atomic E-state index is 12.5. The summed E-state index contributed by atoms with van der Waals surface area (Å²) in [4.78, 5) is 26.6. The van der Waals surface area contributed by atoms with Gasteiger partial charge < -0.3 is 15.5 Å². The molecule has 0 aromatic carbocycles. The third-order valence-electron chi connectivity index (χ3n) is 5.59. The van der Waals surface area contributed by atoms with Crippen LogP contribution in [0, 0.1) is 5.92 Å². The molecule has 2 N–H and O–H groups in total. The van der Waals surface area contributed by atoms with Crippen LogP contribution in [0.1, 0.15) is 38.5 Å². The Morgan fingerprint density at radius 2 is 2.08 bits per heavy atom. The highest BCUT2D eigenvalue weighted by molar-refractivity contribution is 6.01. The first-order valence-corrected chi connectivity index (χ1v) is 8.94. The van der Waals surface area contributed by atoms with Crippen molar-refractivity contribution in [1.29, 1.82) is 0 Å². The Balaban J connectivity index is 1.31. The van der Waals surface area contributed by atoms with Crippen LogP contribution in [0.5, 0.6) is 0 Å². The van der Waals surface area contributed by atoms with E-state index in [0.29, 0.717) is 37.4 Å². The van der Waals surface area contributed by atoms with Crippen LogP contribution in [0.25, 0.3) is 0 Å². The second kappa shape index (κ2) is 6.20. The molecule has 3 saturated heterocycles. The lowest BCUT2D eigenvalue weighted by Crippen LogP contribution is -2.44. The number of hydrogen-bond donors (Lipinski definition) is 2. The maximum absolute atomic E-state index is 12.5. The van der Waals surface area contributed by atoms with Gasteiger partial charge in [-0.2, -0.15) is 5.10 Å². The number of nitrogens with one attached hydrogen (secondary N) is 2. The number of piperidine rings is 1. The van der Waals surface area contributed by atoms with Gasteiger partial charge in [-0.1, -0.05) is 0 Å². The fraction of sp³-hybridized carbons (Fsp3) is 0.706. The van der Waals surface area contributed by atoms with E-state index in [1.165, 1.54) is 12.8 Å². The Bertz CT molecular complexity index is 631. The Kier molecular flexibility index (Phi) is 4.04. The molecule has 1 aromatic rings. The zero-order chi connectivity index (χ0) is 16.7. The Hall–Kier alpha value is -1.89. The molecule has 130 valence electrons. The lowest BCUT2D eigenvalue weighted by atomic mass is 9.89. The summed E-state index contributed by atoms with van der Waals surface area (Å²) in [6.07, 6.45) is 9.38. The van der Waals surface area contributed by atoms with Gasteiger partial charge in [0.05, 0.1) is 11.9 Å². The number of carbonyl (C=O) groups excluding carboxylic acids is 2. The van der Waals surface area contributed by atoms with E-state index < -0.39 is 6.04 Å². The van der Waals surface area contributed by atoms with Gasteiger partial charge in [0.25, 0.3) is 0 Å². The Labute approximate surface area is 141 Å². The zero-order valence-corrected chi connectivity index (χ0v) is 14.1. The van der Waals surface area contributed by atoms with E-state index in [0.717, 1.165) is 18.5 Å². The van der Waals surface area contributed by atoms with Crippen LogP contribution in [0.15, 0.2) is 12.4 Å². The first-order chi connectivity index (χ1) is 11.6. The van der Waals surface area contributed by atoms with E-state index in [-0.39, 0.29) is 11.8 Å². The lowest BCUT2D eigenvalue weighted by Gasteiger charge is -2.28. The van der Waals surface area contributed by atoms with E-state index in [1.807, 2.05) is 13.2 Å². The van der Waals surface area contributed by atoms with Crippen molar-refractivity contribution in [3.8, 4) is 0 Å². The van der Waals surface area contributed by atoms with Crippen molar-refractivity contribution in [1.82, 2.24) is 20.4 Å². The third-order valence-corrected chi connectivity index (χ3v) is 5.59. The molecule has 24 heavy (non-hydrogen) atoms. The minimum atomic E-state index is -0.392. The third kappa shape index (κ3) is 3.05. The van der Waals surface area contributed by atoms with Gasteiger partial charge in [0.2, 0.25) is 11.8 Å². The highest BCUT2D eigenvalue weighted by Gasteiger charge is 2.37. The molecule has 3 atom stereocenters. The minimum Gasteiger partial charge on any atom is -0.344 e. The molecule has 2 bridgehead atoms. The molecule has 3 aliphatic heterocycles. The molecular weight excluding hydrogens is 306 g/mol. The van der Waals surface area contributed by atoms with Crippen molar-refractivity contribution < 1.29 is 9.59 Å². The van der Waals surface area contributed by atoms with Crippen LogP contribution in [-0.4, -0.2) is 46.3 Å². The molecule has 7 heteroatoms. The largest absolute Gasteiger partial charge is 0.344 e. The van der Waals surface area contributed by atoms with E-state index in [2.05, 4.69) is 15.7 Å². The van der Waals surface area contributed by atoms with Crippen molar-refractivity contribution in [3.63, 3.8) is 0 Å². The number of aryl methyl sites for hydroxylation is 1. The first kappa shape index (κ1) is 15.6. The Morgan fingerprint density at radius 3 is 2.75 bits per heavy atom. The SMILES string of the molecule is Cn1cc(N2CCC(NC(=O)CC3CC4CCC(C3)N4)C2=O)cn1.